The van der Waals surface area contributed by atoms with Gasteiger partial charge < -0.3 is 4.98 Å². The van der Waals surface area contributed by atoms with Gasteiger partial charge >= 0.3 is 0 Å². The van der Waals surface area contributed by atoms with Gasteiger partial charge in [0.25, 0.3) is 5.56 Å². The van der Waals surface area contributed by atoms with Gasteiger partial charge in [0.2, 0.25) is 0 Å². The summed E-state index contributed by atoms with van der Waals surface area (Å²) in [7, 11) is 1.65. The minimum atomic E-state index is -0.0929. The van der Waals surface area contributed by atoms with Crippen molar-refractivity contribution in [2.75, 3.05) is 0 Å². The van der Waals surface area contributed by atoms with Gasteiger partial charge in [-0.25, -0.2) is 4.68 Å². The van der Waals surface area contributed by atoms with Gasteiger partial charge in [-0.05, 0) is 24.3 Å². The summed E-state index contributed by atoms with van der Waals surface area (Å²) in [6.45, 7) is 0. The Morgan fingerprint density at radius 3 is 2.95 bits per heavy atom. The Labute approximate surface area is 107 Å². The van der Waals surface area contributed by atoms with E-state index in [0.717, 1.165) is 27.3 Å². The second-order valence-electron chi connectivity index (χ2n) is 4.55. The van der Waals surface area contributed by atoms with Gasteiger partial charge in [-0.15, -0.1) is 0 Å². The zero-order valence-corrected chi connectivity index (χ0v) is 10.2. The van der Waals surface area contributed by atoms with Crippen LogP contribution in [-0.4, -0.2) is 19.7 Å². The van der Waals surface area contributed by atoms with E-state index in [1.54, 1.807) is 19.4 Å². The fourth-order valence-electron chi connectivity index (χ4n) is 2.52. The van der Waals surface area contributed by atoms with E-state index in [9.17, 15) is 4.79 Å². The number of nitrogens with one attached hydrogen (secondary N) is 1. The van der Waals surface area contributed by atoms with Gasteiger partial charge in [-0.1, -0.05) is 0 Å². The van der Waals surface area contributed by atoms with E-state index < -0.39 is 0 Å². The molecular weight excluding hydrogens is 240 g/mol. The van der Waals surface area contributed by atoms with Crippen LogP contribution in [0.5, 0.6) is 0 Å². The van der Waals surface area contributed by atoms with Crippen LogP contribution in [-0.2, 0) is 7.05 Å². The second-order valence-corrected chi connectivity index (χ2v) is 4.55. The minimum Gasteiger partial charge on any atom is -0.353 e. The number of aromatic amines is 1. The Morgan fingerprint density at radius 1 is 1.16 bits per heavy atom. The second kappa shape index (κ2) is 3.41. The molecule has 4 rings (SSSR count). The molecule has 1 N–H and O–H groups in total. The highest BCUT2D eigenvalue weighted by molar-refractivity contribution is 6.18. The van der Waals surface area contributed by atoms with E-state index in [1.165, 1.54) is 4.68 Å². The maximum Gasteiger partial charge on any atom is 0.274 e. The molecule has 4 aromatic rings. The van der Waals surface area contributed by atoms with Crippen LogP contribution in [0.2, 0.25) is 0 Å². The third kappa shape index (κ3) is 1.26. The zero-order valence-electron chi connectivity index (χ0n) is 10.2. The van der Waals surface area contributed by atoms with Crippen molar-refractivity contribution in [1.82, 2.24) is 19.7 Å². The highest BCUT2D eigenvalue weighted by atomic mass is 16.1. The van der Waals surface area contributed by atoms with Crippen molar-refractivity contribution in [2.24, 2.45) is 7.05 Å². The van der Waals surface area contributed by atoms with Crippen molar-refractivity contribution in [3.05, 3.63) is 47.0 Å². The highest BCUT2D eigenvalue weighted by Crippen LogP contribution is 2.28. The van der Waals surface area contributed by atoms with Crippen LogP contribution in [0.1, 0.15) is 0 Å². The van der Waals surface area contributed by atoms with Gasteiger partial charge in [-0.3, -0.25) is 9.78 Å². The molecule has 0 radical (unpaired) electrons. The average molecular weight is 250 g/mol. The van der Waals surface area contributed by atoms with Crippen LogP contribution in [0.15, 0.2) is 41.5 Å². The molecule has 0 saturated heterocycles. The summed E-state index contributed by atoms with van der Waals surface area (Å²) in [6, 6.07) is 7.61. The molecule has 1 aromatic carbocycles. The van der Waals surface area contributed by atoms with Gasteiger partial charge in [0.05, 0.1) is 22.6 Å². The lowest BCUT2D eigenvalue weighted by atomic mass is 10.1. The van der Waals surface area contributed by atoms with Gasteiger partial charge in [0.15, 0.2) is 0 Å². The van der Waals surface area contributed by atoms with E-state index in [2.05, 4.69) is 15.1 Å². The average Bonchev–Trinajstić information content (AvgIpc) is 2.81. The molecule has 3 aromatic heterocycles. The Morgan fingerprint density at radius 2 is 2.05 bits per heavy atom. The molecule has 3 heterocycles. The number of pyridine rings is 1. The quantitative estimate of drug-likeness (QED) is 0.519. The molecule has 5 nitrogen and oxygen atoms in total. The summed E-state index contributed by atoms with van der Waals surface area (Å²) >= 11 is 0. The van der Waals surface area contributed by atoms with Crippen molar-refractivity contribution in [1.29, 1.82) is 0 Å². The van der Waals surface area contributed by atoms with Crippen LogP contribution in [0, 0.1) is 0 Å². The molecule has 0 bridgehead atoms. The lowest BCUT2D eigenvalue weighted by molar-refractivity contribution is 0.718. The standard InChI is InChI=1S/C14H10N4O/c1-18-14(19)8-4-5-10-12(9(8)7-16-18)13-11(17-10)3-2-6-15-13/h2-7,17H,1H3. The zero-order chi connectivity index (χ0) is 13.0. The first kappa shape index (κ1) is 10.3. The summed E-state index contributed by atoms with van der Waals surface area (Å²) in [6.07, 6.45) is 3.48. The number of nitrogens with zero attached hydrogens (tertiary/aromatic N) is 3. The number of hydrogen-bond acceptors (Lipinski definition) is 3. The number of H-pyrrole nitrogens is 1. The molecule has 0 aliphatic rings. The monoisotopic (exact) mass is 250 g/mol. The first-order chi connectivity index (χ1) is 9.25. The number of aryl methyl sites for hydroxylation is 1. The lowest BCUT2D eigenvalue weighted by Crippen LogP contribution is -2.18. The first-order valence-electron chi connectivity index (χ1n) is 5.97. The van der Waals surface area contributed by atoms with Crippen molar-refractivity contribution in [2.45, 2.75) is 0 Å². The predicted molar refractivity (Wildman–Crippen MR) is 74.1 cm³/mol. The Hall–Kier alpha value is -2.69. The third-order valence-corrected chi connectivity index (χ3v) is 3.44. The van der Waals surface area contributed by atoms with Gasteiger partial charge in [0, 0.05) is 29.5 Å². The largest absolute Gasteiger partial charge is 0.353 e. The van der Waals surface area contributed by atoms with Crippen molar-refractivity contribution >= 4 is 32.7 Å². The molecule has 0 unspecified atom stereocenters. The first-order valence-corrected chi connectivity index (χ1v) is 5.97. The van der Waals surface area contributed by atoms with Gasteiger partial charge in [-0.2, -0.15) is 5.10 Å². The summed E-state index contributed by atoms with van der Waals surface area (Å²) in [5.74, 6) is 0. The molecule has 0 atom stereocenters. The summed E-state index contributed by atoms with van der Waals surface area (Å²) in [5, 5.41) is 6.56. The number of hydrogen-bond donors (Lipinski definition) is 1. The predicted octanol–water partition coefficient (Wildman–Crippen LogP) is 1.96. The summed E-state index contributed by atoms with van der Waals surface area (Å²) in [4.78, 5) is 19.8. The Kier molecular flexibility index (Phi) is 1.84. The van der Waals surface area contributed by atoms with Crippen LogP contribution >= 0.6 is 0 Å². The SMILES string of the molecule is Cn1ncc2c(ccc3[nH]c4cccnc4c32)c1=O. The number of aromatic nitrogens is 4. The van der Waals surface area contributed by atoms with Crippen LogP contribution in [0.4, 0.5) is 0 Å². The Balaban J connectivity index is 2.37. The van der Waals surface area contributed by atoms with E-state index in [0.29, 0.717) is 5.39 Å². The molecule has 0 aliphatic carbocycles. The molecule has 0 spiro atoms. The molecule has 0 aliphatic heterocycles. The smallest absolute Gasteiger partial charge is 0.274 e. The maximum atomic E-state index is 12.1. The molecule has 0 saturated carbocycles. The minimum absolute atomic E-state index is 0.0929. The molecule has 5 heteroatoms. The van der Waals surface area contributed by atoms with Crippen molar-refractivity contribution < 1.29 is 0 Å². The molecule has 92 valence electrons. The molecule has 19 heavy (non-hydrogen) atoms. The number of benzene rings is 1. The summed E-state index contributed by atoms with van der Waals surface area (Å²) < 4.78 is 1.34. The fourth-order valence-corrected chi connectivity index (χ4v) is 2.52. The van der Waals surface area contributed by atoms with E-state index in [-0.39, 0.29) is 5.56 Å². The normalized spacial score (nSPS) is 11.6. The third-order valence-electron chi connectivity index (χ3n) is 3.44. The lowest BCUT2D eigenvalue weighted by Gasteiger charge is -2.01. The van der Waals surface area contributed by atoms with Crippen LogP contribution in [0.3, 0.4) is 0 Å². The highest BCUT2D eigenvalue weighted by Gasteiger charge is 2.11. The molecular formula is C14H10N4O. The summed E-state index contributed by atoms with van der Waals surface area (Å²) in [5.41, 5.74) is 2.71. The number of rotatable bonds is 0. The van der Waals surface area contributed by atoms with Crippen molar-refractivity contribution in [3.8, 4) is 0 Å². The molecule has 0 amide bonds. The van der Waals surface area contributed by atoms with E-state index in [4.69, 9.17) is 0 Å². The van der Waals surface area contributed by atoms with Crippen molar-refractivity contribution in [3.63, 3.8) is 0 Å². The van der Waals surface area contributed by atoms with Crippen LogP contribution in [0.25, 0.3) is 32.7 Å². The topological polar surface area (TPSA) is 63.6 Å². The van der Waals surface area contributed by atoms with Gasteiger partial charge in [0.1, 0.15) is 0 Å². The van der Waals surface area contributed by atoms with E-state index >= 15 is 0 Å². The molecule has 0 fully saturated rings. The van der Waals surface area contributed by atoms with E-state index in [1.807, 2.05) is 24.3 Å². The fraction of sp³-hybridized carbons (Fsp3) is 0.0714. The Bertz CT molecular complexity index is 997. The maximum absolute atomic E-state index is 12.1. The number of fused-ring (bicyclic) bond motifs is 5. The van der Waals surface area contributed by atoms with Crippen LogP contribution < -0.4 is 5.56 Å².